The van der Waals surface area contributed by atoms with E-state index in [0.29, 0.717) is 18.4 Å². The van der Waals surface area contributed by atoms with Gasteiger partial charge in [-0.05, 0) is 30.2 Å². The zero-order valence-electron chi connectivity index (χ0n) is 10.6. The average Bonchev–Trinajstić information content (AvgIpc) is 2.36. The molecule has 0 aliphatic heterocycles. The maximum atomic E-state index is 12.9. The topological polar surface area (TPSA) is 66.4 Å². The molecule has 0 spiro atoms. The lowest BCUT2D eigenvalue weighted by atomic mass is 10.1. The van der Waals surface area contributed by atoms with Crippen LogP contribution in [0.1, 0.15) is 25.3 Å². The number of aliphatic carboxylic acids is 1. The fourth-order valence-electron chi connectivity index (χ4n) is 1.55. The van der Waals surface area contributed by atoms with Crippen molar-refractivity contribution in [3.63, 3.8) is 0 Å². The normalized spacial score (nSPS) is 12.3. The zero-order valence-corrected chi connectivity index (χ0v) is 10.6. The number of hydrogen-bond acceptors (Lipinski definition) is 2. The van der Waals surface area contributed by atoms with Gasteiger partial charge in [0, 0.05) is 6.08 Å². The first-order valence-electron chi connectivity index (χ1n) is 6.00. The second kappa shape index (κ2) is 7.31. The molecule has 0 radical (unpaired) electrons. The summed E-state index contributed by atoms with van der Waals surface area (Å²) < 4.78 is 12.9. The van der Waals surface area contributed by atoms with Crippen molar-refractivity contribution in [1.82, 2.24) is 5.32 Å². The molecule has 2 N–H and O–H groups in total. The summed E-state index contributed by atoms with van der Waals surface area (Å²) in [5.74, 6) is -1.96. The predicted molar refractivity (Wildman–Crippen MR) is 69.9 cm³/mol. The number of benzene rings is 1. The highest BCUT2D eigenvalue weighted by Gasteiger charge is 2.17. The summed E-state index contributed by atoms with van der Waals surface area (Å²) in [4.78, 5) is 22.4. The number of carboxylic acids is 1. The van der Waals surface area contributed by atoms with Crippen molar-refractivity contribution in [2.24, 2.45) is 0 Å². The molecule has 1 rings (SSSR count). The summed E-state index contributed by atoms with van der Waals surface area (Å²) in [6.45, 7) is 1.84. The monoisotopic (exact) mass is 265 g/mol. The third-order valence-corrected chi connectivity index (χ3v) is 2.47. The van der Waals surface area contributed by atoms with Gasteiger partial charge in [-0.1, -0.05) is 25.5 Å². The first-order chi connectivity index (χ1) is 9.02. The molecule has 102 valence electrons. The summed E-state index contributed by atoms with van der Waals surface area (Å²) >= 11 is 0. The Balaban J connectivity index is 2.61. The Morgan fingerprint density at radius 2 is 2.21 bits per heavy atom. The van der Waals surface area contributed by atoms with Gasteiger partial charge in [0.25, 0.3) is 0 Å². The van der Waals surface area contributed by atoms with Gasteiger partial charge in [-0.2, -0.15) is 0 Å². The molecule has 0 saturated carbocycles. The predicted octanol–water partition coefficient (Wildman–Crippen LogP) is 2.21. The molecule has 1 aromatic carbocycles. The molecule has 4 nitrogen and oxygen atoms in total. The van der Waals surface area contributed by atoms with Crippen molar-refractivity contribution >= 4 is 18.0 Å². The van der Waals surface area contributed by atoms with E-state index in [-0.39, 0.29) is 0 Å². The molecule has 0 aliphatic carbocycles. The number of carbonyl (C=O) groups is 2. The third kappa shape index (κ3) is 5.33. The van der Waals surface area contributed by atoms with Crippen LogP contribution in [0.15, 0.2) is 30.3 Å². The zero-order chi connectivity index (χ0) is 14.3. The maximum absolute atomic E-state index is 12.9. The highest BCUT2D eigenvalue weighted by Crippen LogP contribution is 2.05. The Morgan fingerprint density at radius 1 is 1.47 bits per heavy atom. The van der Waals surface area contributed by atoms with Crippen LogP contribution >= 0.6 is 0 Å². The SMILES string of the molecule is CCC[C@@H](NC(=O)/C=C/c1cccc(F)c1)C(=O)O. The molecular formula is C14H16FNO3. The van der Waals surface area contributed by atoms with Crippen LogP contribution in [0.4, 0.5) is 4.39 Å². The van der Waals surface area contributed by atoms with Gasteiger partial charge in [0.1, 0.15) is 11.9 Å². The molecule has 0 bridgehead atoms. The summed E-state index contributed by atoms with van der Waals surface area (Å²) in [5, 5.41) is 11.3. The van der Waals surface area contributed by atoms with Crippen LogP contribution in [0, 0.1) is 5.82 Å². The van der Waals surface area contributed by atoms with Crippen LogP contribution in [0.2, 0.25) is 0 Å². The van der Waals surface area contributed by atoms with Gasteiger partial charge >= 0.3 is 5.97 Å². The van der Waals surface area contributed by atoms with E-state index in [4.69, 9.17) is 5.11 Å². The minimum Gasteiger partial charge on any atom is -0.480 e. The molecule has 1 aromatic rings. The lowest BCUT2D eigenvalue weighted by Crippen LogP contribution is -2.39. The largest absolute Gasteiger partial charge is 0.480 e. The van der Waals surface area contributed by atoms with Crippen molar-refractivity contribution in [3.05, 3.63) is 41.7 Å². The molecule has 1 atom stereocenters. The number of nitrogens with one attached hydrogen (secondary N) is 1. The molecule has 0 unspecified atom stereocenters. The number of halogens is 1. The van der Waals surface area contributed by atoms with Crippen LogP contribution < -0.4 is 5.32 Å². The number of hydrogen-bond donors (Lipinski definition) is 2. The summed E-state index contributed by atoms with van der Waals surface area (Å²) in [6, 6.07) is 4.87. The number of carboxylic acid groups (broad SMARTS) is 1. The van der Waals surface area contributed by atoms with Gasteiger partial charge < -0.3 is 10.4 Å². The summed E-state index contributed by atoms with van der Waals surface area (Å²) in [5.41, 5.74) is 0.539. The smallest absolute Gasteiger partial charge is 0.326 e. The minimum absolute atomic E-state index is 0.370. The van der Waals surface area contributed by atoms with Gasteiger partial charge in [0.05, 0.1) is 0 Å². The van der Waals surface area contributed by atoms with E-state index in [1.54, 1.807) is 6.07 Å². The van der Waals surface area contributed by atoms with Gasteiger partial charge in [0.2, 0.25) is 5.91 Å². The summed E-state index contributed by atoms with van der Waals surface area (Å²) in [6.07, 6.45) is 3.66. The van der Waals surface area contributed by atoms with E-state index in [1.165, 1.54) is 30.4 Å². The molecule has 0 saturated heterocycles. The van der Waals surface area contributed by atoms with Crippen LogP contribution in [0.3, 0.4) is 0 Å². The van der Waals surface area contributed by atoms with Crippen molar-refractivity contribution in [2.75, 3.05) is 0 Å². The van der Waals surface area contributed by atoms with Crippen molar-refractivity contribution in [1.29, 1.82) is 0 Å². The Kier molecular flexibility index (Phi) is 5.73. The van der Waals surface area contributed by atoms with E-state index in [0.717, 1.165) is 0 Å². The van der Waals surface area contributed by atoms with E-state index >= 15 is 0 Å². The molecule has 0 aliphatic rings. The van der Waals surface area contributed by atoms with Gasteiger partial charge in [-0.15, -0.1) is 0 Å². The quantitative estimate of drug-likeness (QED) is 0.775. The highest BCUT2D eigenvalue weighted by atomic mass is 19.1. The van der Waals surface area contributed by atoms with E-state index in [9.17, 15) is 14.0 Å². The second-order valence-corrected chi connectivity index (χ2v) is 4.08. The van der Waals surface area contributed by atoms with Crippen molar-refractivity contribution in [2.45, 2.75) is 25.8 Å². The van der Waals surface area contributed by atoms with E-state index in [1.807, 2.05) is 6.92 Å². The number of amides is 1. The van der Waals surface area contributed by atoms with Gasteiger partial charge in [0.15, 0.2) is 0 Å². The Bertz CT molecular complexity index is 485. The standard InChI is InChI=1S/C14H16FNO3/c1-2-4-12(14(18)19)16-13(17)8-7-10-5-3-6-11(15)9-10/h3,5-9,12H,2,4H2,1H3,(H,16,17)(H,18,19)/b8-7+/t12-/m1/s1. The number of rotatable bonds is 6. The highest BCUT2D eigenvalue weighted by molar-refractivity contribution is 5.94. The van der Waals surface area contributed by atoms with E-state index < -0.39 is 23.7 Å². The molecule has 19 heavy (non-hydrogen) atoms. The summed E-state index contributed by atoms with van der Waals surface area (Å²) in [7, 11) is 0. The van der Waals surface area contributed by atoms with Crippen molar-refractivity contribution in [3.8, 4) is 0 Å². The Labute approximate surface area is 110 Å². The Morgan fingerprint density at radius 3 is 2.79 bits per heavy atom. The lowest BCUT2D eigenvalue weighted by Gasteiger charge is -2.11. The van der Waals surface area contributed by atoms with Gasteiger partial charge in [-0.3, -0.25) is 4.79 Å². The fraction of sp³-hybridized carbons (Fsp3) is 0.286. The van der Waals surface area contributed by atoms with Crippen LogP contribution in [0.25, 0.3) is 6.08 Å². The average molecular weight is 265 g/mol. The first-order valence-corrected chi connectivity index (χ1v) is 6.00. The Hall–Kier alpha value is -2.17. The lowest BCUT2D eigenvalue weighted by molar-refractivity contribution is -0.141. The molecular weight excluding hydrogens is 249 g/mol. The molecule has 5 heteroatoms. The maximum Gasteiger partial charge on any atom is 0.326 e. The second-order valence-electron chi connectivity index (χ2n) is 4.08. The van der Waals surface area contributed by atoms with Crippen LogP contribution in [-0.2, 0) is 9.59 Å². The fourth-order valence-corrected chi connectivity index (χ4v) is 1.55. The van der Waals surface area contributed by atoms with Crippen LogP contribution in [-0.4, -0.2) is 23.0 Å². The van der Waals surface area contributed by atoms with Crippen LogP contribution in [0.5, 0.6) is 0 Å². The third-order valence-electron chi connectivity index (χ3n) is 2.47. The molecule has 0 aromatic heterocycles. The van der Waals surface area contributed by atoms with Crippen molar-refractivity contribution < 1.29 is 19.1 Å². The first kappa shape index (κ1) is 14.9. The minimum atomic E-state index is -1.06. The number of carbonyl (C=O) groups excluding carboxylic acids is 1. The van der Waals surface area contributed by atoms with Gasteiger partial charge in [-0.25, -0.2) is 9.18 Å². The molecule has 1 amide bonds. The van der Waals surface area contributed by atoms with E-state index in [2.05, 4.69) is 5.32 Å². The molecule has 0 heterocycles. The molecule has 0 fully saturated rings.